The molecule has 0 aromatic carbocycles. The van der Waals surface area contributed by atoms with E-state index in [4.69, 9.17) is 10.5 Å². The Bertz CT molecular complexity index is 325. The number of carbonyl (C=O) groups is 1. The van der Waals surface area contributed by atoms with Crippen LogP contribution in [0.1, 0.15) is 52.4 Å². The molecule has 4 heteroatoms. The Hall–Kier alpha value is -0.610. The molecule has 0 aromatic heterocycles. The van der Waals surface area contributed by atoms with E-state index in [9.17, 15) is 4.79 Å². The van der Waals surface area contributed by atoms with Gasteiger partial charge in [-0.2, -0.15) is 0 Å². The molecule has 0 atom stereocenters. The Morgan fingerprint density at radius 1 is 1.16 bits per heavy atom. The summed E-state index contributed by atoms with van der Waals surface area (Å²) in [7, 11) is 1.93. The van der Waals surface area contributed by atoms with Crippen LogP contribution in [0.2, 0.25) is 0 Å². The van der Waals surface area contributed by atoms with Crippen LogP contribution >= 0.6 is 0 Å². The number of rotatable bonds is 2. The molecule has 1 amide bonds. The number of hydrogen-bond acceptors (Lipinski definition) is 3. The third-order valence-corrected chi connectivity index (χ3v) is 4.99. The number of nitrogens with two attached hydrogens (primary N) is 1. The molecule has 0 unspecified atom stereocenters. The highest BCUT2D eigenvalue weighted by atomic mass is 16.5. The predicted octanol–water partition coefficient (Wildman–Crippen LogP) is 1.92. The number of hydrogen-bond donors (Lipinski definition) is 1. The van der Waals surface area contributed by atoms with E-state index in [0.717, 1.165) is 12.8 Å². The molecule has 0 spiro atoms. The molecular formula is C15H28N2O2. The SMILES string of the molecule is CN(C(=O)C1(N)CCOCC1)C1CCC(C)(C)CC1. The van der Waals surface area contributed by atoms with Gasteiger partial charge in [0.1, 0.15) is 0 Å². The standard InChI is InChI=1S/C15H28N2O2/c1-14(2)6-4-12(5-7-14)17(3)13(18)15(16)8-10-19-11-9-15/h12H,4-11,16H2,1-3H3. The Morgan fingerprint density at radius 2 is 1.68 bits per heavy atom. The summed E-state index contributed by atoms with van der Waals surface area (Å²) in [6.07, 6.45) is 5.87. The van der Waals surface area contributed by atoms with Crippen LogP contribution < -0.4 is 5.73 Å². The third-order valence-electron chi connectivity index (χ3n) is 4.99. The van der Waals surface area contributed by atoms with Gasteiger partial charge in [-0.05, 0) is 43.9 Å². The molecule has 0 radical (unpaired) electrons. The largest absolute Gasteiger partial charge is 0.381 e. The molecule has 1 aliphatic heterocycles. The first-order chi connectivity index (χ1) is 8.84. The highest BCUT2D eigenvalue weighted by Gasteiger charge is 2.40. The smallest absolute Gasteiger partial charge is 0.242 e. The minimum Gasteiger partial charge on any atom is -0.381 e. The topological polar surface area (TPSA) is 55.6 Å². The van der Waals surface area contributed by atoms with Crippen LogP contribution in [-0.4, -0.2) is 42.6 Å². The van der Waals surface area contributed by atoms with Crippen molar-refractivity contribution in [2.45, 2.75) is 64.0 Å². The number of amides is 1. The van der Waals surface area contributed by atoms with Gasteiger partial charge in [-0.25, -0.2) is 0 Å². The van der Waals surface area contributed by atoms with E-state index in [-0.39, 0.29) is 5.91 Å². The van der Waals surface area contributed by atoms with Crippen molar-refractivity contribution in [3.63, 3.8) is 0 Å². The third kappa shape index (κ3) is 3.29. The first-order valence-electron chi connectivity index (χ1n) is 7.48. The average molecular weight is 268 g/mol. The van der Waals surface area contributed by atoms with Gasteiger partial charge < -0.3 is 15.4 Å². The molecule has 2 fully saturated rings. The predicted molar refractivity (Wildman–Crippen MR) is 75.8 cm³/mol. The molecule has 1 heterocycles. The molecule has 2 aliphatic rings. The van der Waals surface area contributed by atoms with Crippen LogP contribution in [0, 0.1) is 5.41 Å². The summed E-state index contributed by atoms with van der Waals surface area (Å²) in [6, 6.07) is 0.365. The number of ether oxygens (including phenoxy) is 1. The van der Waals surface area contributed by atoms with E-state index < -0.39 is 5.54 Å². The average Bonchev–Trinajstić information content (AvgIpc) is 2.38. The van der Waals surface area contributed by atoms with E-state index in [2.05, 4.69) is 13.8 Å². The van der Waals surface area contributed by atoms with Gasteiger partial charge >= 0.3 is 0 Å². The van der Waals surface area contributed by atoms with Gasteiger partial charge in [-0.1, -0.05) is 13.8 Å². The molecule has 1 saturated carbocycles. The van der Waals surface area contributed by atoms with Gasteiger partial charge in [0.25, 0.3) is 0 Å². The zero-order valence-corrected chi connectivity index (χ0v) is 12.6. The summed E-state index contributed by atoms with van der Waals surface area (Å²) in [5, 5.41) is 0. The molecule has 0 bridgehead atoms. The zero-order valence-electron chi connectivity index (χ0n) is 12.6. The summed E-state index contributed by atoms with van der Waals surface area (Å²) in [5.41, 5.74) is 6.03. The van der Waals surface area contributed by atoms with E-state index in [0.29, 0.717) is 37.5 Å². The van der Waals surface area contributed by atoms with Gasteiger partial charge in [-0.15, -0.1) is 0 Å². The van der Waals surface area contributed by atoms with Crippen LogP contribution in [-0.2, 0) is 9.53 Å². The van der Waals surface area contributed by atoms with Gasteiger partial charge in [-0.3, -0.25) is 4.79 Å². The van der Waals surface area contributed by atoms with Crippen LogP contribution in [0.5, 0.6) is 0 Å². The highest BCUT2D eigenvalue weighted by molar-refractivity contribution is 5.86. The van der Waals surface area contributed by atoms with Crippen LogP contribution in [0.25, 0.3) is 0 Å². The summed E-state index contributed by atoms with van der Waals surface area (Å²) in [4.78, 5) is 14.5. The zero-order chi connectivity index (χ0) is 14.1. The van der Waals surface area contributed by atoms with Crippen molar-refractivity contribution in [2.24, 2.45) is 11.1 Å². The molecule has 0 aromatic rings. The fourth-order valence-corrected chi connectivity index (χ4v) is 3.24. The minimum atomic E-state index is -0.694. The highest BCUT2D eigenvalue weighted by Crippen LogP contribution is 2.37. The van der Waals surface area contributed by atoms with Crippen molar-refractivity contribution in [1.82, 2.24) is 4.90 Å². The summed E-state index contributed by atoms with van der Waals surface area (Å²) < 4.78 is 5.32. The van der Waals surface area contributed by atoms with Crippen molar-refractivity contribution < 1.29 is 9.53 Å². The second-order valence-corrected chi connectivity index (χ2v) is 7.08. The second-order valence-electron chi connectivity index (χ2n) is 7.08. The Balaban J connectivity index is 1.95. The van der Waals surface area contributed by atoms with Crippen molar-refractivity contribution in [2.75, 3.05) is 20.3 Å². The molecule has 4 nitrogen and oxygen atoms in total. The number of carbonyl (C=O) groups excluding carboxylic acids is 1. The van der Waals surface area contributed by atoms with E-state index in [1.807, 2.05) is 11.9 Å². The van der Waals surface area contributed by atoms with Crippen LogP contribution in [0.3, 0.4) is 0 Å². The van der Waals surface area contributed by atoms with Crippen molar-refractivity contribution in [1.29, 1.82) is 0 Å². The molecular weight excluding hydrogens is 240 g/mol. The van der Waals surface area contributed by atoms with Crippen molar-refractivity contribution in [3.8, 4) is 0 Å². The minimum absolute atomic E-state index is 0.112. The van der Waals surface area contributed by atoms with Crippen molar-refractivity contribution >= 4 is 5.91 Å². The molecule has 1 aliphatic carbocycles. The normalized spacial score (nSPS) is 26.9. The number of nitrogens with zero attached hydrogens (tertiary/aromatic N) is 1. The molecule has 2 N–H and O–H groups in total. The van der Waals surface area contributed by atoms with Gasteiger partial charge in [0.05, 0.1) is 5.54 Å². The maximum Gasteiger partial charge on any atom is 0.242 e. The maximum absolute atomic E-state index is 12.6. The van der Waals surface area contributed by atoms with E-state index >= 15 is 0 Å². The van der Waals surface area contributed by atoms with E-state index in [1.54, 1.807) is 0 Å². The van der Waals surface area contributed by atoms with E-state index in [1.165, 1.54) is 12.8 Å². The van der Waals surface area contributed by atoms with Gasteiger partial charge in [0.15, 0.2) is 0 Å². The monoisotopic (exact) mass is 268 g/mol. The lowest BCUT2D eigenvalue weighted by Gasteiger charge is -2.42. The lowest BCUT2D eigenvalue weighted by Crippen LogP contribution is -2.59. The maximum atomic E-state index is 12.6. The van der Waals surface area contributed by atoms with Crippen LogP contribution in [0.4, 0.5) is 0 Å². The Morgan fingerprint density at radius 3 is 2.21 bits per heavy atom. The molecule has 1 saturated heterocycles. The molecule has 2 rings (SSSR count). The fraction of sp³-hybridized carbons (Fsp3) is 0.933. The second kappa shape index (κ2) is 5.41. The Kier molecular flexibility index (Phi) is 4.21. The molecule has 110 valence electrons. The Labute approximate surface area is 116 Å². The first-order valence-corrected chi connectivity index (χ1v) is 7.48. The summed E-state index contributed by atoms with van der Waals surface area (Å²) >= 11 is 0. The van der Waals surface area contributed by atoms with Crippen molar-refractivity contribution in [3.05, 3.63) is 0 Å². The quantitative estimate of drug-likeness (QED) is 0.832. The van der Waals surface area contributed by atoms with Crippen LogP contribution in [0.15, 0.2) is 0 Å². The summed E-state index contributed by atoms with van der Waals surface area (Å²) in [6.45, 7) is 5.84. The fourth-order valence-electron chi connectivity index (χ4n) is 3.24. The number of likely N-dealkylation sites (N-methyl/N-ethyl adjacent to an activating group) is 1. The lowest BCUT2D eigenvalue weighted by molar-refractivity contribution is -0.142. The first kappa shape index (κ1) is 14.8. The van der Waals surface area contributed by atoms with Gasteiger partial charge in [0.2, 0.25) is 5.91 Å². The van der Waals surface area contributed by atoms with Gasteiger partial charge in [0, 0.05) is 26.3 Å². The molecule has 19 heavy (non-hydrogen) atoms. The lowest BCUT2D eigenvalue weighted by atomic mass is 9.75. The summed E-state index contributed by atoms with van der Waals surface area (Å²) in [5.74, 6) is 0.112.